The smallest absolute Gasteiger partial charge is 0.333 e. The quantitative estimate of drug-likeness (QED) is 0.0902. The van der Waals surface area contributed by atoms with Crippen LogP contribution in [0.2, 0.25) is 0 Å². The van der Waals surface area contributed by atoms with Gasteiger partial charge in [-0.15, -0.1) is 12.4 Å². The van der Waals surface area contributed by atoms with Crippen LogP contribution in [0.5, 0.6) is 0 Å². The molecule has 3 saturated heterocycles. The molecule has 83 heavy (non-hydrogen) atoms. The third-order valence-electron chi connectivity index (χ3n) is 12.8. The van der Waals surface area contributed by atoms with Crippen molar-refractivity contribution < 1.29 is 46.8 Å². The number of amides is 7. The predicted octanol–water partition coefficient (Wildman–Crippen LogP) is 11.7. The lowest BCUT2D eigenvalue weighted by molar-refractivity contribution is -0.134. The number of barbiturate groups is 1. The number of Topliss-reactive ketones (excluding diaryl/α,β-unsaturated/α-hetero) is 1. The summed E-state index contributed by atoms with van der Waals surface area (Å²) >= 11 is 5.21. The maximum Gasteiger partial charge on any atom is 0.333 e. The van der Waals surface area contributed by atoms with Crippen LogP contribution in [0, 0.1) is 0 Å². The van der Waals surface area contributed by atoms with Gasteiger partial charge < -0.3 is 28.9 Å². The van der Waals surface area contributed by atoms with Crippen molar-refractivity contribution in [1.82, 2.24) is 29.6 Å². The van der Waals surface area contributed by atoms with Gasteiger partial charge in [0, 0.05) is 51.3 Å². The minimum Gasteiger partial charge on any atom is -0.450 e. The van der Waals surface area contributed by atoms with E-state index in [1.807, 2.05) is 92.7 Å². The van der Waals surface area contributed by atoms with Crippen molar-refractivity contribution in [3.63, 3.8) is 0 Å². The standard InChI is InChI=1S/C21H22N4O3S2.C19H15N3O4S.C19H14N2O3S.ClH/c1-13(2)25-19(26)17(29-21(25)27)12-14-8-9-18(28-14)30-20-23-15-6-3-4-7-16(15)24(20)11-5-10-22;1-21-17(23)13(18(24)22(2)19(21)25)10-12-7-8-16(26-12)27-15-9-11-5-3-4-6-14(11)20-15;1-11-8-16(22)14(19(23)20-11)10-13-6-7-18(24-13)25-17-9-12-4-2-3-5-15(12)21-17;/h3-4,6-9,12-13H,5,10-11,22H2,1-2H3;3-8,10H,9H2,1-2H3;2-7,10H,1,8-9H2,(H,20,23);1H/b17-12-;;14-10+;. The minimum absolute atomic E-state index is 0. The number of hydrogen-bond acceptors (Lipinski definition) is 18. The molecular formula is C59H52ClN9O10S4. The number of nitrogens with zero attached hydrogens (tertiary/aromatic N) is 7. The van der Waals surface area contributed by atoms with Gasteiger partial charge in [0.05, 0.1) is 49.4 Å². The summed E-state index contributed by atoms with van der Waals surface area (Å²) in [4.78, 5) is 102. The topological polar surface area (TPSA) is 249 Å². The van der Waals surface area contributed by atoms with E-state index in [-0.39, 0.29) is 52.9 Å². The summed E-state index contributed by atoms with van der Waals surface area (Å²) in [5.74, 6) is -0.928. The Kier molecular flexibility index (Phi) is 18.6. The molecular weight excluding hydrogens is 1160 g/mol. The molecule has 7 aromatic rings. The molecule has 0 aliphatic carbocycles. The Morgan fingerprint density at radius 3 is 1.71 bits per heavy atom. The van der Waals surface area contributed by atoms with Crippen molar-refractivity contribution in [2.24, 2.45) is 15.7 Å². The third-order valence-corrected chi connectivity index (χ3v) is 16.4. The van der Waals surface area contributed by atoms with Gasteiger partial charge in [-0.05, 0) is 158 Å². The number of furan rings is 3. The number of allylic oxidation sites excluding steroid dienone is 1. The maximum absolute atomic E-state index is 12.4. The summed E-state index contributed by atoms with van der Waals surface area (Å²) in [6.45, 7) is 8.63. The number of aryl methyl sites for hydroxylation is 1. The van der Waals surface area contributed by atoms with Crippen LogP contribution in [-0.4, -0.2) is 102 Å². The fourth-order valence-electron chi connectivity index (χ4n) is 8.80. The number of piperidine rings is 1. The Labute approximate surface area is 499 Å². The van der Waals surface area contributed by atoms with Gasteiger partial charge in [0.15, 0.2) is 26.2 Å². The number of thioether (sulfide) groups is 3. The van der Waals surface area contributed by atoms with Gasteiger partial charge in [-0.1, -0.05) is 55.1 Å². The second-order valence-corrected chi connectivity index (χ2v) is 23.1. The molecule has 0 bridgehead atoms. The van der Waals surface area contributed by atoms with Gasteiger partial charge in [0.1, 0.15) is 22.9 Å². The lowest BCUT2D eigenvalue weighted by Gasteiger charge is -2.28. The van der Waals surface area contributed by atoms with E-state index in [0.29, 0.717) is 49.7 Å². The number of ketones is 1. The number of likely N-dealkylation sites (N-methyl/N-ethyl adjacent to an activating group) is 2. The molecule has 424 valence electrons. The number of urea groups is 1. The largest absolute Gasteiger partial charge is 0.450 e. The molecule has 3 N–H and O–H groups in total. The van der Waals surface area contributed by atoms with Crippen LogP contribution in [0.3, 0.4) is 0 Å². The molecule has 5 aliphatic heterocycles. The van der Waals surface area contributed by atoms with E-state index < -0.39 is 23.8 Å². The lowest BCUT2D eigenvalue weighted by Crippen LogP contribution is -2.52. The fraction of sp³-hybridized carbons (Fsp3) is 0.186. The van der Waals surface area contributed by atoms with Gasteiger partial charge in [0.25, 0.3) is 28.9 Å². The highest BCUT2D eigenvalue weighted by Gasteiger charge is 2.39. The van der Waals surface area contributed by atoms with E-state index in [0.717, 1.165) is 85.0 Å². The summed E-state index contributed by atoms with van der Waals surface area (Å²) in [5, 5.41) is 6.96. The number of rotatable bonds is 11. The Morgan fingerprint density at radius 1 is 0.663 bits per heavy atom. The van der Waals surface area contributed by atoms with E-state index in [1.165, 1.54) is 77.6 Å². The van der Waals surface area contributed by atoms with Gasteiger partial charge in [-0.25, -0.2) is 19.8 Å². The molecule has 24 heteroatoms. The number of aromatic nitrogens is 2. The molecule has 0 spiro atoms. The molecule has 4 aromatic heterocycles. The van der Waals surface area contributed by atoms with Crippen molar-refractivity contribution in [2.75, 3.05) is 20.6 Å². The van der Waals surface area contributed by atoms with E-state index >= 15 is 0 Å². The van der Waals surface area contributed by atoms with E-state index in [9.17, 15) is 33.6 Å². The maximum atomic E-state index is 12.4. The Bertz CT molecular complexity index is 3890. The van der Waals surface area contributed by atoms with Gasteiger partial charge in [-0.3, -0.25) is 43.5 Å². The zero-order chi connectivity index (χ0) is 57.8. The van der Waals surface area contributed by atoms with E-state index in [1.54, 1.807) is 30.3 Å². The zero-order valence-corrected chi connectivity index (χ0v) is 49.1. The van der Waals surface area contributed by atoms with Crippen LogP contribution >= 0.6 is 59.5 Å². The molecule has 0 unspecified atom stereocenters. The van der Waals surface area contributed by atoms with E-state index in [2.05, 4.69) is 32.5 Å². The van der Waals surface area contributed by atoms with Crippen molar-refractivity contribution in [1.29, 1.82) is 0 Å². The first-order valence-electron chi connectivity index (χ1n) is 25.6. The average molecular weight is 1210 g/mol. The second-order valence-electron chi connectivity index (χ2n) is 19.0. The summed E-state index contributed by atoms with van der Waals surface area (Å²) in [7, 11) is 2.67. The van der Waals surface area contributed by atoms with E-state index in [4.69, 9.17) is 24.0 Å². The average Bonchev–Trinajstić information content (AvgIpc) is 4.49. The first-order valence-corrected chi connectivity index (χ1v) is 28.9. The first-order chi connectivity index (χ1) is 39.5. The highest BCUT2D eigenvalue weighted by molar-refractivity contribution is 8.18. The van der Waals surface area contributed by atoms with Crippen molar-refractivity contribution in [2.45, 2.75) is 72.6 Å². The summed E-state index contributed by atoms with van der Waals surface area (Å²) in [6, 6.07) is 33.7. The monoisotopic (exact) mass is 1210 g/mol. The Hall–Kier alpha value is -8.19. The molecule has 12 rings (SSSR count). The number of para-hydroxylation sites is 4. The van der Waals surface area contributed by atoms with Crippen LogP contribution in [0.15, 0.2) is 181 Å². The number of aliphatic imine (C=N–C) groups is 2. The highest BCUT2D eigenvalue weighted by atomic mass is 35.5. The van der Waals surface area contributed by atoms with Crippen LogP contribution in [-0.2, 0) is 43.4 Å². The molecule has 0 saturated carbocycles. The van der Waals surface area contributed by atoms with Crippen molar-refractivity contribution >= 4 is 151 Å². The van der Waals surface area contributed by atoms with Crippen LogP contribution in [0.1, 0.15) is 55.1 Å². The number of nitrogens with two attached hydrogens (primary N) is 1. The minimum atomic E-state index is -0.656. The normalized spacial score (nSPS) is 16.7. The number of carbonyl (C=O) groups is 7. The third kappa shape index (κ3) is 13.5. The molecule has 5 aliphatic rings. The molecule has 7 amide bonds. The fourth-order valence-corrected chi connectivity index (χ4v) is 12.4. The molecule has 3 fully saturated rings. The SMILES string of the molecule is C=C1CC(=O)/C(=C\c2ccc(SC3=Nc4ccccc4C3)o2)C(=O)N1.CC(C)N1C(=O)S/C(=C\c2ccc(Sc3nc4ccccc4n3CCCN)o2)C1=O.CN1C(=O)C(=Cc2ccc(SC3=Nc4ccccc4C3)o2)C(=O)N(C)C1=O.Cl. The molecule has 0 atom stereocenters. The van der Waals surface area contributed by atoms with Gasteiger partial charge in [0.2, 0.25) is 0 Å². The molecule has 19 nitrogen and oxygen atoms in total. The number of imidazole rings is 1. The zero-order valence-electron chi connectivity index (χ0n) is 45.0. The van der Waals surface area contributed by atoms with Gasteiger partial charge in [-0.2, -0.15) is 0 Å². The summed E-state index contributed by atoms with van der Waals surface area (Å²) in [6.07, 6.45) is 6.94. The number of imide groups is 3. The highest BCUT2D eigenvalue weighted by Crippen LogP contribution is 2.38. The molecule has 0 radical (unpaired) electrons. The van der Waals surface area contributed by atoms with Crippen LogP contribution < -0.4 is 11.1 Å². The number of nitrogens with one attached hydrogen (secondary N) is 1. The summed E-state index contributed by atoms with van der Waals surface area (Å²) < 4.78 is 19.5. The Balaban J connectivity index is 0.000000149. The molecule has 9 heterocycles. The van der Waals surface area contributed by atoms with Crippen molar-refractivity contribution in [3.05, 3.63) is 166 Å². The number of hydrogen-bond donors (Lipinski definition) is 2. The number of benzene rings is 3. The van der Waals surface area contributed by atoms with Crippen molar-refractivity contribution in [3.8, 4) is 0 Å². The first kappa shape index (κ1) is 59.4. The number of fused-ring (bicyclic) bond motifs is 3. The Morgan fingerprint density at radius 2 is 1.18 bits per heavy atom. The summed E-state index contributed by atoms with van der Waals surface area (Å²) in [5.41, 5.74) is 12.4. The van der Waals surface area contributed by atoms with Gasteiger partial charge >= 0.3 is 6.03 Å². The van der Waals surface area contributed by atoms with Crippen LogP contribution in [0.4, 0.5) is 21.0 Å². The predicted molar refractivity (Wildman–Crippen MR) is 324 cm³/mol. The number of halogens is 1. The number of carbonyl (C=O) groups excluding carboxylic acids is 7. The van der Waals surface area contributed by atoms with Crippen LogP contribution in [0.25, 0.3) is 29.3 Å². The molecule has 3 aromatic carbocycles. The lowest BCUT2D eigenvalue weighted by atomic mass is 10.0. The second kappa shape index (κ2) is 25.9.